The van der Waals surface area contributed by atoms with E-state index in [2.05, 4.69) is 19.9 Å². The van der Waals surface area contributed by atoms with Gasteiger partial charge in [0, 0.05) is 30.9 Å². The number of carboxylic acid groups (broad SMARTS) is 1. The molecule has 1 aliphatic rings. The minimum atomic E-state index is -1.29. The molecule has 8 nitrogen and oxygen atoms in total. The number of hydrogen-bond acceptors (Lipinski definition) is 7. The van der Waals surface area contributed by atoms with Crippen molar-refractivity contribution < 1.29 is 9.90 Å². The van der Waals surface area contributed by atoms with Crippen LogP contribution in [0, 0.1) is 0 Å². The maximum Gasteiger partial charge on any atom is 0.341 e. The van der Waals surface area contributed by atoms with Crippen LogP contribution in [-0.2, 0) is 0 Å². The molecule has 4 rings (SSSR count). The molecule has 3 aromatic rings. The fourth-order valence-corrected chi connectivity index (χ4v) is 3.42. The molecule has 0 unspecified atom stereocenters. The lowest BCUT2D eigenvalue weighted by molar-refractivity contribution is 0.0695. The van der Waals surface area contributed by atoms with E-state index in [-0.39, 0.29) is 11.1 Å². The number of aromatic carboxylic acids is 1. The van der Waals surface area contributed by atoms with Crippen LogP contribution in [0.3, 0.4) is 0 Å². The molecule has 1 saturated heterocycles. The maximum absolute atomic E-state index is 12.4. The molecule has 3 aromatic heterocycles. The van der Waals surface area contributed by atoms with E-state index in [4.69, 9.17) is 0 Å². The molecule has 1 aliphatic heterocycles. The Morgan fingerprint density at radius 3 is 2.71 bits per heavy atom. The van der Waals surface area contributed by atoms with Crippen molar-refractivity contribution in [3.8, 4) is 5.13 Å². The molecule has 9 heteroatoms. The Morgan fingerprint density at radius 2 is 2.04 bits per heavy atom. The summed E-state index contributed by atoms with van der Waals surface area (Å²) in [7, 11) is 0. The SMILES string of the molecule is O=C(O)c1cn(-c2nccs2)c2nc(N3CCCC3)cnc2c1=O. The lowest BCUT2D eigenvalue weighted by Crippen LogP contribution is -2.23. The predicted octanol–water partition coefficient (Wildman–Crippen LogP) is 1.54. The van der Waals surface area contributed by atoms with Crippen LogP contribution in [0.25, 0.3) is 16.3 Å². The number of nitrogens with zero attached hydrogens (tertiary/aromatic N) is 5. The molecule has 1 fully saturated rings. The third-order valence-corrected chi connectivity index (χ3v) is 4.74. The Hall–Kier alpha value is -2.81. The average molecular weight is 343 g/mol. The lowest BCUT2D eigenvalue weighted by Gasteiger charge is -2.17. The number of aromatic nitrogens is 4. The van der Waals surface area contributed by atoms with Gasteiger partial charge in [-0.05, 0) is 12.8 Å². The van der Waals surface area contributed by atoms with Crippen LogP contribution in [0.1, 0.15) is 23.2 Å². The highest BCUT2D eigenvalue weighted by Crippen LogP contribution is 2.22. The summed E-state index contributed by atoms with van der Waals surface area (Å²) in [4.78, 5) is 38.9. The summed E-state index contributed by atoms with van der Waals surface area (Å²) < 4.78 is 1.53. The van der Waals surface area contributed by atoms with Crippen LogP contribution < -0.4 is 10.3 Å². The fraction of sp³-hybridized carbons (Fsp3) is 0.267. The summed E-state index contributed by atoms with van der Waals surface area (Å²) in [6.07, 6.45) is 6.61. The van der Waals surface area contributed by atoms with E-state index in [1.165, 1.54) is 28.3 Å². The van der Waals surface area contributed by atoms with Crippen molar-refractivity contribution in [1.29, 1.82) is 0 Å². The molecule has 0 radical (unpaired) electrons. The zero-order valence-corrected chi connectivity index (χ0v) is 13.4. The molecule has 0 bridgehead atoms. The molecule has 0 amide bonds. The summed E-state index contributed by atoms with van der Waals surface area (Å²) in [6.45, 7) is 1.80. The van der Waals surface area contributed by atoms with Gasteiger partial charge in [-0.15, -0.1) is 11.3 Å². The summed E-state index contributed by atoms with van der Waals surface area (Å²) in [5.74, 6) is -0.606. The molecule has 0 saturated carbocycles. The van der Waals surface area contributed by atoms with Gasteiger partial charge in [-0.2, -0.15) is 0 Å². The standard InChI is InChI=1S/C15H13N5O3S/c21-12-9(14(22)23)8-20(15-16-3-6-24-15)13-11(12)17-7-10(18-13)19-4-1-2-5-19/h3,6-8H,1-2,4-5H2,(H,22,23). The van der Waals surface area contributed by atoms with E-state index in [1.54, 1.807) is 11.6 Å². The van der Waals surface area contributed by atoms with Crippen LogP contribution in [-0.4, -0.2) is 43.7 Å². The smallest absolute Gasteiger partial charge is 0.341 e. The number of fused-ring (bicyclic) bond motifs is 1. The number of pyridine rings is 1. The van der Waals surface area contributed by atoms with Gasteiger partial charge in [-0.3, -0.25) is 9.36 Å². The van der Waals surface area contributed by atoms with Crippen molar-refractivity contribution in [3.63, 3.8) is 0 Å². The van der Waals surface area contributed by atoms with E-state index in [0.717, 1.165) is 25.9 Å². The number of thiazole rings is 1. The van der Waals surface area contributed by atoms with Gasteiger partial charge in [0.2, 0.25) is 5.43 Å². The van der Waals surface area contributed by atoms with Gasteiger partial charge in [-0.25, -0.2) is 19.7 Å². The summed E-state index contributed by atoms with van der Waals surface area (Å²) in [6, 6.07) is 0. The number of rotatable bonds is 3. The van der Waals surface area contributed by atoms with Crippen LogP contribution >= 0.6 is 11.3 Å². The van der Waals surface area contributed by atoms with E-state index in [0.29, 0.717) is 16.6 Å². The summed E-state index contributed by atoms with van der Waals surface area (Å²) in [5.41, 5.74) is -0.621. The molecular formula is C15H13N5O3S. The molecule has 0 atom stereocenters. The number of carbonyl (C=O) groups is 1. The van der Waals surface area contributed by atoms with Crippen molar-refractivity contribution in [2.24, 2.45) is 0 Å². The third kappa shape index (κ3) is 2.33. The molecule has 0 spiro atoms. The highest BCUT2D eigenvalue weighted by molar-refractivity contribution is 7.12. The molecule has 1 N–H and O–H groups in total. The monoisotopic (exact) mass is 343 g/mol. The van der Waals surface area contributed by atoms with Crippen LogP contribution in [0.4, 0.5) is 5.82 Å². The maximum atomic E-state index is 12.4. The highest BCUT2D eigenvalue weighted by Gasteiger charge is 2.20. The Kier molecular flexibility index (Phi) is 3.49. The first-order valence-electron chi connectivity index (χ1n) is 7.45. The zero-order chi connectivity index (χ0) is 16.7. The number of anilines is 1. The zero-order valence-electron chi connectivity index (χ0n) is 12.5. The van der Waals surface area contributed by atoms with Crippen LogP contribution in [0.15, 0.2) is 28.8 Å². The van der Waals surface area contributed by atoms with Crippen LogP contribution in [0.2, 0.25) is 0 Å². The number of hydrogen-bond donors (Lipinski definition) is 1. The second kappa shape index (κ2) is 5.68. The molecular weight excluding hydrogens is 330 g/mol. The first-order valence-corrected chi connectivity index (χ1v) is 8.33. The quantitative estimate of drug-likeness (QED) is 0.769. The van der Waals surface area contributed by atoms with E-state index in [9.17, 15) is 14.7 Å². The minimum absolute atomic E-state index is 0.0352. The fourth-order valence-electron chi connectivity index (χ4n) is 2.81. The molecule has 0 aliphatic carbocycles. The molecule has 24 heavy (non-hydrogen) atoms. The van der Waals surface area contributed by atoms with E-state index in [1.807, 2.05) is 0 Å². The first-order chi connectivity index (χ1) is 11.6. The Balaban J connectivity index is 2.01. The van der Waals surface area contributed by atoms with E-state index >= 15 is 0 Å². The van der Waals surface area contributed by atoms with Gasteiger partial charge in [0.15, 0.2) is 16.3 Å². The van der Waals surface area contributed by atoms with Gasteiger partial charge >= 0.3 is 5.97 Å². The first kappa shape index (κ1) is 14.8. The molecule has 4 heterocycles. The van der Waals surface area contributed by atoms with E-state index < -0.39 is 11.4 Å². The Labute approximate surface area is 140 Å². The average Bonchev–Trinajstić information content (AvgIpc) is 3.28. The topological polar surface area (TPSA) is 101 Å². The molecule has 0 aromatic carbocycles. The second-order valence-corrected chi connectivity index (χ2v) is 6.33. The largest absolute Gasteiger partial charge is 0.477 e. The normalized spacial score (nSPS) is 14.4. The van der Waals surface area contributed by atoms with Gasteiger partial charge in [0.25, 0.3) is 0 Å². The van der Waals surface area contributed by atoms with Crippen molar-refractivity contribution in [1.82, 2.24) is 19.5 Å². The highest BCUT2D eigenvalue weighted by atomic mass is 32.1. The predicted molar refractivity (Wildman–Crippen MR) is 89.2 cm³/mol. The Bertz CT molecular complexity index is 977. The third-order valence-electron chi connectivity index (χ3n) is 3.97. The second-order valence-electron chi connectivity index (χ2n) is 5.46. The minimum Gasteiger partial charge on any atom is -0.477 e. The van der Waals surface area contributed by atoms with Gasteiger partial charge in [0.1, 0.15) is 11.4 Å². The van der Waals surface area contributed by atoms with Crippen molar-refractivity contribution >= 4 is 34.3 Å². The van der Waals surface area contributed by atoms with Gasteiger partial charge in [-0.1, -0.05) is 0 Å². The van der Waals surface area contributed by atoms with Crippen LogP contribution in [0.5, 0.6) is 0 Å². The van der Waals surface area contributed by atoms with Gasteiger partial charge in [0.05, 0.1) is 6.20 Å². The molecule has 122 valence electrons. The summed E-state index contributed by atoms with van der Waals surface area (Å²) >= 11 is 1.33. The summed E-state index contributed by atoms with van der Waals surface area (Å²) in [5, 5.41) is 11.6. The number of carboxylic acids is 1. The van der Waals surface area contributed by atoms with Crippen molar-refractivity contribution in [2.45, 2.75) is 12.8 Å². The Morgan fingerprint density at radius 1 is 1.25 bits per heavy atom. The lowest BCUT2D eigenvalue weighted by atomic mass is 10.2. The van der Waals surface area contributed by atoms with Crippen molar-refractivity contribution in [3.05, 3.63) is 39.8 Å². The van der Waals surface area contributed by atoms with Crippen molar-refractivity contribution in [2.75, 3.05) is 18.0 Å². The van der Waals surface area contributed by atoms with Gasteiger partial charge < -0.3 is 10.0 Å².